The lowest BCUT2D eigenvalue weighted by Gasteiger charge is -2.37. The van der Waals surface area contributed by atoms with Crippen LogP contribution in [0.4, 0.5) is 24.7 Å². The normalized spacial score (nSPS) is 18.7. The van der Waals surface area contributed by atoms with E-state index >= 15 is 0 Å². The van der Waals surface area contributed by atoms with Gasteiger partial charge in [-0.25, -0.2) is 15.0 Å². The second-order valence-corrected chi connectivity index (χ2v) is 12.4. The van der Waals surface area contributed by atoms with E-state index in [1.165, 1.54) is 41.3 Å². The van der Waals surface area contributed by atoms with E-state index < -0.39 is 18.0 Å². The first kappa shape index (κ1) is 28.6. The SMILES string of the molecule is CC(C=Cn1cnnc1-c1nc(NC(=O)c2cc(-n3cnc(C4CC4)c3)c(N3CCN(C4CC4)CC3)cn2)cs1)C(F)(F)F. The third kappa shape index (κ3) is 6.11. The summed E-state index contributed by atoms with van der Waals surface area (Å²) in [7, 11) is 0. The standard InChI is InChI=1S/C29H31F3N10OS/c1-18(29(30,31)32)6-7-41-17-35-38-26(41)28-37-25(15-44-28)36-27(43)21-12-23(42-14-22(34-16-42)19-2-3-19)24(13-33-21)40-10-8-39(9-11-40)20-4-5-20/h6-7,12-20H,2-5,8-11H2,1H3,(H,36,43). The quantitative estimate of drug-likeness (QED) is 0.275. The largest absolute Gasteiger partial charge is 0.394 e. The number of thiazole rings is 1. The summed E-state index contributed by atoms with van der Waals surface area (Å²) in [5.74, 6) is -1.03. The van der Waals surface area contributed by atoms with Crippen LogP contribution in [0.25, 0.3) is 22.7 Å². The van der Waals surface area contributed by atoms with Crippen LogP contribution in [0.3, 0.4) is 0 Å². The molecule has 1 aliphatic heterocycles. The van der Waals surface area contributed by atoms with E-state index in [9.17, 15) is 18.0 Å². The van der Waals surface area contributed by atoms with Crippen molar-refractivity contribution in [1.82, 2.24) is 39.2 Å². The molecule has 5 heterocycles. The topological polar surface area (TPSA) is 110 Å². The van der Waals surface area contributed by atoms with E-state index in [0.717, 1.165) is 75.1 Å². The number of carbonyl (C=O) groups is 1. The molecule has 15 heteroatoms. The van der Waals surface area contributed by atoms with Crippen molar-refractivity contribution >= 4 is 34.9 Å². The molecule has 1 atom stereocenters. The van der Waals surface area contributed by atoms with E-state index in [4.69, 9.17) is 0 Å². The van der Waals surface area contributed by atoms with Crippen molar-refractivity contribution in [2.75, 3.05) is 36.4 Å². The molecule has 4 aromatic rings. The highest BCUT2D eigenvalue weighted by Crippen LogP contribution is 2.40. The summed E-state index contributed by atoms with van der Waals surface area (Å²) in [6.07, 6.45) is 9.72. The fraction of sp³-hybridized carbons (Fsp3) is 0.448. The van der Waals surface area contributed by atoms with Crippen LogP contribution >= 0.6 is 11.3 Å². The van der Waals surface area contributed by atoms with Gasteiger partial charge in [-0.2, -0.15) is 13.2 Å². The fourth-order valence-corrected chi connectivity index (χ4v) is 6.03. The molecule has 0 aromatic carbocycles. The average Bonchev–Trinajstić information content (AvgIpc) is 3.90. The van der Waals surface area contributed by atoms with Crippen LogP contribution in [0, 0.1) is 5.92 Å². The molecular formula is C29H31F3N10OS. The van der Waals surface area contributed by atoms with Crippen LogP contribution in [-0.4, -0.2) is 83.5 Å². The lowest BCUT2D eigenvalue weighted by molar-refractivity contribution is -0.156. The van der Waals surface area contributed by atoms with E-state index in [1.54, 1.807) is 24.0 Å². The van der Waals surface area contributed by atoms with Gasteiger partial charge in [0, 0.05) is 55.9 Å². The maximum Gasteiger partial charge on any atom is 0.394 e. The van der Waals surface area contributed by atoms with Crippen LogP contribution in [0.5, 0.6) is 0 Å². The predicted octanol–water partition coefficient (Wildman–Crippen LogP) is 5.07. The van der Waals surface area contributed by atoms with Crippen molar-refractivity contribution in [2.24, 2.45) is 5.92 Å². The van der Waals surface area contributed by atoms with Crippen molar-refractivity contribution < 1.29 is 18.0 Å². The predicted molar refractivity (Wildman–Crippen MR) is 160 cm³/mol. The minimum atomic E-state index is -4.35. The Labute approximate surface area is 255 Å². The lowest BCUT2D eigenvalue weighted by Crippen LogP contribution is -2.47. The maximum atomic E-state index is 13.4. The third-order valence-corrected chi connectivity index (χ3v) is 9.09. The van der Waals surface area contributed by atoms with Gasteiger partial charge < -0.3 is 14.8 Å². The molecule has 0 bridgehead atoms. The second-order valence-electron chi connectivity index (χ2n) is 11.5. The number of hydrogen-bond donors (Lipinski definition) is 1. The molecule has 2 aliphatic carbocycles. The lowest BCUT2D eigenvalue weighted by atomic mass is 10.2. The number of nitrogens with one attached hydrogen (secondary N) is 1. The van der Waals surface area contributed by atoms with E-state index in [-0.39, 0.29) is 17.3 Å². The van der Waals surface area contributed by atoms with Crippen LogP contribution in [-0.2, 0) is 0 Å². The fourth-order valence-electron chi connectivity index (χ4n) is 5.29. The molecule has 2 saturated carbocycles. The van der Waals surface area contributed by atoms with E-state index in [2.05, 4.69) is 40.3 Å². The summed E-state index contributed by atoms with van der Waals surface area (Å²) < 4.78 is 42.1. The van der Waals surface area contributed by atoms with Gasteiger partial charge >= 0.3 is 6.18 Å². The molecule has 1 unspecified atom stereocenters. The molecule has 1 amide bonds. The van der Waals surface area contributed by atoms with Gasteiger partial charge in [0.15, 0.2) is 10.8 Å². The summed E-state index contributed by atoms with van der Waals surface area (Å²) in [4.78, 5) is 31.8. The Hall–Kier alpha value is -4.11. The number of allylic oxidation sites excluding steroid dienone is 1. The van der Waals surface area contributed by atoms with Crippen LogP contribution in [0.15, 0.2) is 42.6 Å². The molecule has 0 spiro atoms. The molecule has 44 heavy (non-hydrogen) atoms. The highest BCUT2D eigenvalue weighted by Gasteiger charge is 2.34. The van der Waals surface area contributed by atoms with Gasteiger partial charge in [-0.1, -0.05) is 13.0 Å². The smallest absolute Gasteiger partial charge is 0.366 e. The van der Waals surface area contributed by atoms with Gasteiger partial charge in [0.25, 0.3) is 5.91 Å². The van der Waals surface area contributed by atoms with Crippen molar-refractivity contribution in [3.8, 4) is 16.5 Å². The van der Waals surface area contributed by atoms with Crippen LogP contribution in [0.2, 0.25) is 0 Å². The maximum absolute atomic E-state index is 13.4. The van der Waals surface area contributed by atoms with E-state index in [0.29, 0.717) is 10.9 Å². The Balaban J connectivity index is 1.10. The number of hydrogen-bond acceptors (Lipinski definition) is 9. The van der Waals surface area contributed by atoms with Crippen molar-refractivity contribution in [1.29, 1.82) is 0 Å². The van der Waals surface area contributed by atoms with Gasteiger partial charge in [0.05, 0.1) is 35.5 Å². The molecule has 7 rings (SSSR count). The molecule has 3 fully saturated rings. The number of nitrogens with zero attached hydrogens (tertiary/aromatic N) is 9. The highest BCUT2D eigenvalue weighted by molar-refractivity contribution is 7.13. The Morgan fingerprint density at radius 2 is 1.89 bits per heavy atom. The molecule has 230 valence electrons. The van der Waals surface area contributed by atoms with Crippen LogP contribution in [0.1, 0.15) is 54.7 Å². The summed E-state index contributed by atoms with van der Waals surface area (Å²) in [5.41, 5.74) is 3.09. The molecule has 3 aliphatic rings. The van der Waals surface area contributed by atoms with Gasteiger partial charge in [0.1, 0.15) is 17.8 Å². The Bertz CT molecular complexity index is 1680. The minimum Gasteiger partial charge on any atom is -0.366 e. The number of carbonyl (C=O) groups excluding carboxylic acids is 1. The Kier molecular flexibility index (Phi) is 7.44. The van der Waals surface area contributed by atoms with Gasteiger partial charge in [-0.3, -0.25) is 14.3 Å². The number of halogens is 3. The molecule has 11 nitrogen and oxygen atoms in total. The zero-order chi connectivity index (χ0) is 30.4. The first-order valence-corrected chi connectivity index (χ1v) is 15.6. The number of pyridine rings is 1. The molecule has 0 radical (unpaired) electrons. The molecule has 4 aromatic heterocycles. The van der Waals surface area contributed by atoms with Crippen molar-refractivity contribution in [2.45, 2.75) is 50.7 Å². The minimum absolute atomic E-state index is 0.226. The summed E-state index contributed by atoms with van der Waals surface area (Å²) in [6.45, 7) is 4.84. The Morgan fingerprint density at radius 3 is 2.61 bits per heavy atom. The number of aromatic nitrogens is 7. The number of piperazine rings is 1. The molecule has 1 saturated heterocycles. The van der Waals surface area contributed by atoms with Gasteiger partial charge in [0.2, 0.25) is 0 Å². The van der Waals surface area contributed by atoms with Gasteiger partial charge in [-0.15, -0.1) is 21.5 Å². The Morgan fingerprint density at radius 1 is 1.09 bits per heavy atom. The number of amides is 1. The van der Waals surface area contributed by atoms with Gasteiger partial charge in [-0.05, 0) is 31.7 Å². The number of rotatable bonds is 9. The zero-order valence-electron chi connectivity index (χ0n) is 24.0. The van der Waals surface area contributed by atoms with Crippen molar-refractivity contribution in [3.63, 3.8) is 0 Å². The highest BCUT2D eigenvalue weighted by atomic mass is 32.1. The summed E-state index contributed by atoms with van der Waals surface area (Å²) in [5, 5.41) is 12.6. The molecule has 1 N–H and O–H groups in total. The zero-order valence-corrected chi connectivity index (χ0v) is 24.8. The third-order valence-electron chi connectivity index (χ3n) is 8.25. The summed E-state index contributed by atoms with van der Waals surface area (Å²) in [6, 6.07) is 2.51. The monoisotopic (exact) mass is 624 g/mol. The van der Waals surface area contributed by atoms with Crippen LogP contribution < -0.4 is 10.2 Å². The number of imidazole rings is 1. The summed E-state index contributed by atoms with van der Waals surface area (Å²) >= 11 is 1.19. The molecular weight excluding hydrogens is 593 g/mol. The number of anilines is 2. The first-order chi connectivity index (χ1) is 21.2. The average molecular weight is 625 g/mol. The first-order valence-electron chi connectivity index (χ1n) is 14.7. The second kappa shape index (κ2) is 11.4. The number of alkyl halides is 3. The van der Waals surface area contributed by atoms with Crippen molar-refractivity contribution in [3.05, 3.63) is 54.0 Å². The van der Waals surface area contributed by atoms with E-state index in [1.807, 2.05) is 10.8 Å².